The van der Waals surface area contributed by atoms with E-state index in [0.29, 0.717) is 31.9 Å². The molecule has 1 unspecified atom stereocenters. The van der Waals surface area contributed by atoms with E-state index in [0.717, 1.165) is 16.7 Å². The van der Waals surface area contributed by atoms with Crippen LogP contribution in [0, 0.1) is 0 Å². The molecule has 1 aliphatic heterocycles. The number of morpholine rings is 1. The van der Waals surface area contributed by atoms with Gasteiger partial charge in [0.1, 0.15) is 0 Å². The van der Waals surface area contributed by atoms with Gasteiger partial charge in [-0.25, -0.2) is 8.42 Å². The van der Waals surface area contributed by atoms with Crippen molar-refractivity contribution in [2.24, 2.45) is 0 Å². The third-order valence-electron chi connectivity index (χ3n) is 5.59. The maximum Gasteiger partial charge on any atom is 0.251 e. The average molecular weight is 451 g/mol. The molecule has 1 atom stereocenters. The first-order valence-electron chi connectivity index (χ1n) is 10.6. The number of nitrogens with one attached hydrogen (secondary N) is 1. The maximum absolute atomic E-state index is 12.7. The highest BCUT2D eigenvalue weighted by Gasteiger charge is 2.26. The second-order valence-corrected chi connectivity index (χ2v) is 9.66. The standard InChI is InChI=1S/C25H26N2O4S/c1-19(20-7-9-22(10-8-20)21-5-3-2-4-6-21)26-25(28)23-11-13-24(14-12-23)32(29,30)27-15-17-31-18-16-27/h2-14,19H,15-18H2,1H3,(H,26,28). The van der Waals surface area contributed by atoms with Crippen LogP contribution in [0.1, 0.15) is 28.9 Å². The van der Waals surface area contributed by atoms with Crippen molar-refractivity contribution in [2.45, 2.75) is 17.9 Å². The van der Waals surface area contributed by atoms with Crippen molar-refractivity contribution >= 4 is 15.9 Å². The number of rotatable bonds is 6. The summed E-state index contributed by atoms with van der Waals surface area (Å²) in [4.78, 5) is 12.9. The quantitative estimate of drug-likeness (QED) is 0.619. The van der Waals surface area contributed by atoms with Crippen molar-refractivity contribution in [3.63, 3.8) is 0 Å². The number of carbonyl (C=O) groups excluding carboxylic acids is 1. The third kappa shape index (κ3) is 4.91. The second-order valence-electron chi connectivity index (χ2n) is 7.72. The zero-order chi connectivity index (χ0) is 22.6. The fourth-order valence-electron chi connectivity index (χ4n) is 3.67. The van der Waals surface area contributed by atoms with E-state index in [9.17, 15) is 13.2 Å². The van der Waals surface area contributed by atoms with Crippen LogP contribution in [0.25, 0.3) is 11.1 Å². The predicted octanol–water partition coefficient (Wildman–Crippen LogP) is 3.87. The Morgan fingerprint density at radius 3 is 2.09 bits per heavy atom. The molecule has 1 fully saturated rings. The molecule has 1 saturated heterocycles. The monoisotopic (exact) mass is 450 g/mol. The van der Waals surface area contributed by atoms with Gasteiger partial charge in [-0.05, 0) is 47.9 Å². The molecule has 0 aromatic heterocycles. The van der Waals surface area contributed by atoms with Gasteiger partial charge in [-0.2, -0.15) is 4.31 Å². The lowest BCUT2D eigenvalue weighted by molar-refractivity contribution is 0.0730. The Morgan fingerprint density at radius 1 is 0.875 bits per heavy atom. The molecule has 1 heterocycles. The van der Waals surface area contributed by atoms with Gasteiger partial charge in [-0.15, -0.1) is 0 Å². The van der Waals surface area contributed by atoms with E-state index in [4.69, 9.17) is 4.74 Å². The molecule has 1 aliphatic rings. The minimum Gasteiger partial charge on any atom is -0.379 e. The number of benzene rings is 3. The van der Waals surface area contributed by atoms with Crippen LogP contribution in [0.2, 0.25) is 0 Å². The molecular weight excluding hydrogens is 424 g/mol. The first-order valence-corrected chi connectivity index (χ1v) is 12.0. The zero-order valence-electron chi connectivity index (χ0n) is 17.9. The van der Waals surface area contributed by atoms with E-state index < -0.39 is 10.0 Å². The SMILES string of the molecule is CC(NC(=O)c1ccc(S(=O)(=O)N2CCOCC2)cc1)c1ccc(-c2ccccc2)cc1. The smallest absolute Gasteiger partial charge is 0.251 e. The number of carbonyl (C=O) groups is 1. The fraction of sp³-hybridized carbons (Fsp3) is 0.240. The van der Waals surface area contributed by atoms with Crippen molar-refractivity contribution < 1.29 is 17.9 Å². The highest BCUT2D eigenvalue weighted by molar-refractivity contribution is 7.89. The summed E-state index contributed by atoms with van der Waals surface area (Å²) in [6.07, 6.45) is 0. The first-order chi connectivity index (χ1) is 15.4. The van der Waals surface area contributed by atoms with Gasteiger partial charge in [-0.1, -0.05) is 54.6 Å². The molecule has 3 aromatic carbocycles. The lowest BCUT2D eigenvalue weighted by Gasteiger charge is -2.26. The summed E-state index contributed by atoms with van der Waals surface area (Å²) in [5.74, 6) is -0.250. The topological polar surface area (TPSA) is 75.7 Å². The lowest BCUT2D eigenvalue weighted by atomic mass is 10.0. The Morgan fingerprint density at radius 2 is 1.47 bits per heavy atom. The number of hydrogen-bond acceptors (Lipinski definition) is 4. The minimum atomic E-state index is -3.58. The molecule has 166 valence electrons. The van der Waals surface area contributed by atoms with Crippen LogP contribution in [0.15, 0.2) is 83.8 Å². The second kappa shape index (κ2) is 9.65. The zero-order valence-corrected chi connectivity index (χ0v) is 18.7. The van der Waals surface area contributed by atoms with Crippen LogP contribution in [0.4, 0.5) is 0 Å². The number of ether oxygens (including phenoxy) is 1. The van der Waals surface area contributed by atoms with Crippen LogP contribution in [0.3, 0.4) is 0 Å². The van der Waals surface area contributed by atoms with Crippen LogP contribution in [-0.4, -0.2) is 44.9 Å². The fourth-order valence-corrected chi connectivity index (χ4v) is 5.08. The van der Waals surface area contributed by atoms with Crippen molar-refractivity contribution in [3.8, 4) is 11.1 Å². The van der Waals surface area contributed by atoms with Crippen molar-refractivity contribution in [2.75, 3.05) is 26.3 Å². The molecular formula is C25H26N2O4S. The molecule has 0 radical (unpaired) electrons. The van der Waals surface area contributed by atoms with Crippen molar-refractivity contribution in [3.05, 3.63) is 90.0 Å². The molecule has 1 N–H and O–H groups in total. The van der Waals surface area contributed by atoms with E-state index in [2.05, 4.69) is 17.4 Å². The van der Waals surface area contributed by atoms with Crippen LogP contribution < -0.4 is 5.32 Å². The Bertz CT molecular complexity index is 1150. The number of amides is 1. The van der Waals surface area contributed by atoms with Gasteiger partial charge in [0, 0.05) is 18.7 Å². The summed E-state index contributed by atoms with van der Waals surface area (Å²) in [5, 5.41) is 2.98. The van der Waals surface area contributed by atoms with Gasteiger partial charge in [0.2, 0.25) is 10.0 Å². The summed E-state index contributed by atoms with van der Waals surface area (Å²) in [5.41, 5.74) is 3.66. The molecule has 4 rings (SSSR count). The Hall–Kier alpha value is -3.00. The molecule has 3 aromatic rings. The third-order valence-corrected chi connectivity index (χ3v) is 7.50. The summed E-state index contributed by atoms with van der Waals surface area (Å²) >= 11 is 0. The van der Waals surface area contributed by atoms with Crippen LogP contribution in [0.5, 0.6) is 0 Å². The molecule has 7 heteroatoms. The van der Waals surface area contributed by atoms with Gasteiger partial charge < -0.3 is 10.1 Å². The molecule has 6 nitrogen and oxygen atoms in total. The first kappa shape index (κ1) is 22.2. The maximum atomic E-state index is 12.7. The Balaban J connectivity index is 1.41. The number of hydrogen-bond donors (Lipinski definition) is 1. The molecule has 1 amide bonds. The summed E-state index contributed by atoms with van der Waals surface area (Å²) in [6, 6.07) is 24.1. The summed E-state index contributed by atoms with van der Waals surface area (Å²) < 4.78 is 32.1. The van der Waals surface area contributed by atoms with Gasteiger partial charge in [0.05, 0.1) is 24.2 Å². The van der Waals surface area contributed by atoms with E-state index in [-0.39, 0.29) is 16.8 Å². The van der Waals surface area contributed by atoms with Gasteiger partial charge >= 0.3 is 0 Å². The summed E-state index contributed by atoms with van der Waals surface area (Å²) in [6.45, 7) is 3.39. The largest absolute Gasteiger partial charge is 0.379 e. The number of nitrogens with zero attached hydrogens (tertiary/aromatic N) is 1. The van der Waals surface area contributed by atoms with E-state index >= 15 is 0 Å². The summed E-state index contributed by atoms with van der Waals surface area (Å²) in [7, 11) is -3.58. The van der Waals surface area contributed by atoms with Gasteiger partial charge in [-0.3, -0.25) is 4.79 Å². The van der Waals surface area contributed by atoms with E-state index in [1.165, 1.54) is 16.4 Å². The lowest BCUT2D eigenvalue weighted by Crippen LogP contribution is -2.40. The Kier molecular flexibility index (Phi) is 6.69. The molecule has 0 bridgehead atoms. The van der Waals surface area contributed by atoms with Crippen molar-refractivity contribution in [1.82, 2.24) is 9.62 Å². The average Bonchev–Trinajstić information content (AvgIpc) is 2.85. The van der Waals surface area contributed by atoms with Crippen molar-refractivity contribution in [1.29, 1.82) is 0 Å². The normalized spacial score (nSPS) is 15.8. The van der Waals surface area contributed by atoms with E-state index in [1.807, 2.05) is 49.4 Å². The molecule has 32 heavy (non-hydrogen) atoms. The van der Waals surface area contributed by atoms with Gasteiger partial charge in [0.25, 0.3) is 5.91 Å². The van der Waals surface area contributed by atoms with Gasteiger partial charge in [0.15, 0.2) is 0 Å². The van der Waals surface area contributed by atoms with Crippen LogP contribution in [-0.2, 0) is 14.8 Å². The van der Waals surface area contributed by atoms with E-state index in [1.54, 1.807) is 12.1 Å². The Labute approximate surface area is 188 Å². The highest BCUT2D eigenvalue weighted by Crippen LogP contribution is 2.22. The minimum absolute atomic E-state index is 0.181. The molecule has 0 spiro atoms. The van der Waals surface area contributed by atoms with Crippen LogP contribution >= 0.6 is 0 Å². The predicted molar refractivity (Wildman–Crippen MR) is 124 cm³/mol. The number of sulfonamides is 1. The highest BCUT2D eigenvalue weighted by atomic mass is 32.2. The molecule has 0 aliphatic carbocycles. The molecule has 0 saturated carbocycles.